The molecule has 0 unspecified atom stereocenters. The number of hydrogen-bond acceptors (Lipinski definition) is 7. The number of rotatable bonds is 7. The van der Waals surface area contributed by atoms with Crippen molar-refractivity contribution >= 4 is 23.9 Å². The fourth-order valence-corrected chi connectivity index (χ4v) is 2.16. The number of urea groups is 1. The lowest BCUT2D eigenvalue weighted by molar-refractivity contribution is -0.670. The standard InChI is InChI=1S/C18H22N4O6/c1-18(2,3)27-15(23)5-4-10-19-17(26)20-14-11-22(21-28-14)13-8-6-12(7-9-13)16(24)25/h6-9,11H,4-5,10H2,1-3H3,(H2-,19,20,21,24,25,26). The van der Waals surface area contributed by atoms with Crippen molar-refractivity contribution in [3.05, 3.63) is 36.0 Å². The van der Waals surface area contributed by atoms with E-state index in [0.29, 0.717) is 12.1 Å². The van der Waals surface area contributed by atoms with Crippen molar-refractivity contribution in [3.63, 3.8) is 0 Å². The zero-order chi connectivity index (χ0) is 20.7. The Kier molecular flexibility index (Phi) is 6.69. The second kappa shape index (κ2) is 8.98. The van der Waals surface area contributed by atoms with Crippen LogP contribution in [-0.2, 0) is 9.53 Å². The summed E-state index contributed by atoms with van der Waals surface area (Å²) in [6.45, 7) is 5.65. The summed E-state index contributed by atoms with van der Waals surface area (Å²) in [7, 11) is 0. The summed E-state index contributed by atoms with van der Waals surface area (Å²) in [5.74, 6) is -1.51. The number of aromatic nitrogens is 2. The smallest absolute Gasteiger partial charge is 0.321 e. The number of carbonyl (C=O) groups excluding carboxylic acids is 3. The summed E-state index contributed by atoms with van der Waals surface area (Å²) in [5, 5.41) is 19.5. The summed E-state index contributed by atoms with van der Waals surface area (Å²) in [4.78, 5) is 34.2. The first kappa shape index (κ1) is 20.9. The number of esters is 1. The van der Waals surface area contributed by atoms with Gasteiger partial charge in [-0.25, -0.2) is 4.79 Å². The number of aromatic carboxylic acids is 1. The average Bonchev–Trinajstić information content (AvgIpc) is 3.05. The number of benzene rings is 1. The van der Waals surface area contributed by atoms with Gasteiger partial charge in [0.2, 0.25) is 11.0 Å². The van der Waals surface area contributed by atoms with Crippen LogP contribution in [0.5, 0.6) is 0 Å². The van der Waals surface area contributed by atoms with Gasteiger partial charge in [0.15, 0.2) is 0 Å². The minimum atomic E-state index is -1.28. The number of carboxylic acids is 1. The Morgan fingerprint density at radius 3 is 2.50 bits per heavy atom. The predicted molar refractivity (Wildman–Crippen MR) is 94.5 cm³/mol. The maximum Gasteiger partial charge on any atom is 0.321 e. The lowest BCUT2D eigenvalue weighted by atomic mass is 10.2. The molecule has 0 saturated carbocycles. The van der Waals surface area contributed by atoms with Crippen LogP contribution in [0.1, 0.15) is 44.0 Å². The number of hydrogen-bond donors (Lipinski definition) is 2. The number of anilines is 1. The molecule has 0 aliphatic carbocycles. The lowest BCUT2D eigenvalue weighted by Crippen LogP contribution is -2.32. The maximum absolute atomic E-state index is 11.8. The number of carbonyl (C=O) groups is 3. The molecule has 150 valence electrons. The molecule has 28 heavy (non-hydrogen) atoms. The van der Waals surface area contributed by atoms with Crippen LogP contribution in [0, 0.1) is 0 Å². The van der Waals surface area contributed by atoms with E-state index < -0.39 is 17.6 Å². The Balaban J connectivity index is 1.77. The number of carboxylic acid groups (broad SMARTS) is 1. The topological polar surface area (TPSA) is 137 Å². The average molecular weight is 390 g/mol. The first-order valence-corrected chi connectivity index (χ1v) is 8.61. The summed E-state index contributed by atoms with van der Waals surface area (Å²) >= 11 is 0. The molecule has 1 aromatic carbocycles. The van der Waals surface area contributed by atoms with Crippen LogP contribution in [0.15, 0.2) is 35.0 Å². The van der Waals surface area contributed by atoms with E-state index in [1.54, 1.807) is 20.8 Å². The zero-order valence-corrected chi connectivity index (χ0v) is 15.9. The molecule has 2 aromatic rings. The van der Waals surface area contributed by atoms with E-state index in [2.05, 4.69) is 15.9 Å². The molecule has 2 amide bonds. The number of nitrogens with one attached hydrogen (secondary N) is 2. The second-order valence-electron chi connectivity index (χ2n) is 6.92. The summed E-state index contributed by atoms with van der Waals surface area (Å²) < 4.78 is 11.5. The highest BCUT2D eigenvalue weighted by atomic mass is 16.6. The van der Waals surface area contributed by atoms with Crippen molar-refractivity contribution in [1.29, 1.82) is 0 Å². The number of ether oxygens (including phenoxy) is 1. The predicted octanol–water partition coefficient (Wildman–Crippen LogP) is 0.558. The molecule has 10 heteroatoms. The van der Waals surface area contributed by atoms with E-state index in [1.807, 2.05) is 0 Å². The van der Waals surface area contributed by atoms with Gasteiger partial charge in [-0.2, -0.15) is 0 Å². The first-order chi connectivity index (χ1) is 13.1. The molecular formula is C18H22N4O6. The molecule has 1 heterocycles. The second-order valence-corrected chi connectivity index (χ2v) is 6.92. The third-order valence-electron chi connectivity index (χ3n) is 3.33. The number of amides is 2. The van der Waals surface area contributed by atoms with E-state index in [9.17, 15) is 19.5 Å². The third kappa shape index (κ3) is 6.71. The third-order valence-corrected chi connectivity index (χ3v) is 3.33. The van der Waals surface area contributed by atoms with Crippen LogP contribution in [0.2, 0.25) is 0 Å². The van der Waals surface area contributed by atoms with Gasteiger partial charge in [0, 0.05) is 25.1 Å². The summed E-state index contributed by atoms with van der Waals surface area (Å²) in [6, 6.07) is 5.27. The fraction of sp³-hybridized carbons (Fsp3) is 0.389. The van der Waals surface area contributed by atoms with Gasteiger partial charge in [-0.15, -0.1) is 0 Å². The molecule has 0 saturated heterocycles. The molecule has 0 spiro atoms. The van der Waals surface area contributed by atoms with Crippen molar-refractivity contribution in [2.24, 2.45) is 0 Å². The minimum absolute atomic E-state index is 0.0388. The Hall–Kier alpha value is -3.43. The molecule has 0 aliphatic rings. The quantitative estimate of drug-likeness (QED) is 0.400. The SMILES string of the molecule is CC(C)(C)OC(=O)CCCNC(=O)Nc1c[n+](-c2ccc(C(=O)[O-])cc2)no1. The summed E-state index contributed by atoms with van der Waals surface area (Å²) in [6.07, 6.45) is 2.06. The minimum Gasteiger partial charge on any atom is -0.545 e. The highest BCUT2D eigenvalue weighted by Crippen LogP contribution is 2.09. The van der Waals surface area contributed by atoms with E-state index in [1.165, 1.54) is 35.1 Å². The van der Waals surface area contributed by atoms with Crippen LogP contribution < -0.4 is 20.4 Å². The van der Waals surface area contributed by atoms with Crippen LogP contribution in [0.4, 0.5) is 10.7 Å². The van der Waals surface area contributed by atoms with Crippen molar-refractivity contribution in [2.45, 2.75) is 39.2 Å². The van der Waals surface area contributed by atoms with Gasteiger partial charge >= 0.3 is 17.9 Å². The highest BCUT2D eigenvalue weighted by molar-refractivity contribution is 5.87. The first-order valence-electron chi connectivity index (χ1n) is 8.61. The molecule has 0 fully saturated rings. The van der Waals surface area contributed by atoms with Gasteiger partial charge in [0.05, 0.1) is 5.97 Å². The molecule has 0 atom stereocenters. The Morgan fingerprint density at radius 2 is 1.89 bits per heavy atom. The van der Waals surface area contributed by atoms with Crippen LogP contribution >= 0.6 is 0 Å². The van der Waals surface area contributed by atoms with Crippen LogP contribution in [0.3, 0.4) is 0 Å². The van der Waals surface area contributed by atoms with Crippen LogP contribution in [-0.4, -0.2) is 35.4 Å². The van der Waals surface area contributed by atoms with Gasteiger partial charge in [0.25, 0.3) is 6.20 Å². The normalized spacial score (nSPS) is 11.0. The number of nitrogens with zero attached hydrogens (tertiary/aromatic N) is 2. The van der Waals surface area contributed by atoms with Gasteiger partial charge in [0.1, 0.15) is 5.60 Å². The Bertz CT molecular complexity index is 839. The molecule has 0 radical (unpaired) electrons. The molecule has 2 rings (SSSR count). The molecule has 10 nitrogen and oxygen atoms in total. The van der Waals surface area contributed by atoms with E-state index in [-0.39, 0.29) is 30.4 Å². The molecular weight excluding hydrogens is 368 g/mol. The fourth-order valence-electron chi connectivity index (χ4n) is 2.16. The lowest BCUT2D eigenvalue weighted by Gasteiger charge is -2.19. The monoisotopic (exact) mass is 390 g/mol. The van der Waals surface area contributed by atoms with Crippen molar-refractivity contribution < 1.29 is 33.4 Å². The van der Waals surface area contributed by atoms with Gasteiger partial charge in [-0.05, 0) is 49.6 Å². The van der Waals surface area contributed by atoms with Gasteiger partial charge in [-0.3, -0.25) is 14.6 Å². The molecule has 2 N–H and O–H groups in total. The van der Waals surface area contributed by atoms with Crippen LogP contribution in [0.25, 0.3) is 5.69 Å². The van der Waals surface area contributed by atoms with Gasteiger partial charge in [-0.1, -0.05) is 0 Å². The highest BCUT2D eigenvalue weighted by Gasteiger charge is 2.17. The van der Waals surface area contributed by atoms with Crippen molar-refractivity contribution in [3.8, 4) is 5.69 Å². The molecule has 1 aromatic heterocycles. The Morgan fingerprint density at radius 1 is 1.21 bits per heavy atom. The van der Waals surface area contributed by atoms with Gasteiger partial charge < -0.3 is 20.0 Å². The Labute approximate surface area is 161 Å². The summed E-state index contributed by atoms with van der Waals surface area (Å²) in [5.41, 5.74) is 0.0468. The van der Waals surface area contributed by atoms with E-state index in [0.717, 1.165) is 0 Å². The van der Waals surface area contributed by atoms with Crippen molar-refractivity contribution in [2.75, 3.05) is 11.9 Å². The van der Waals surface area contributed by atoms with E-state index >= 15 is 0 Å². The largest absolute Gasteiger partial charge is 0.545 e. The van der Waals surface area contributed by atoms with E-state index in [4.69, 9.17) is 9.26 Å². The molecule has 0 bridgehead atoms. The molecule has 0 aliphatic heterocycles. The van der Waals surface area contributed by atoms with Crippen molar-refractivity contribution in [1.82, 2.24) is 10.6 Å². The zero-order valence-electron chi connectivity index (χ0n) is 15.9. The maximum atomic E-state index is 11.8.